The van der Waals surface area contributed by atoms with Gasteiger partial charge in [0.15, 0.2) is 0 Å². The van der Waals surface area contributed by atoms with E-state index in [1.807, 2.05) is 60.7 Å². The van der Waals surface area contributed by atoms with E-state index in [0.717, 1.165) is 27.8 Å². The highest BCUT2D eigenvalue weighted by Gasteiger charge is 2.12. The summed E-state index contributed by atoms with van der Waals surface area (Å²) < 4.78 is 63.8. The van der Waals surface area contributed by atoms with E-state index in [1.54, 1.807) is 42.5 Å². The van der Waals surface area contributed by atoms with Gasteiger partial charge < -0.3 is 0 Å². The lowest BCUT2D eigenvalue weighted by Gasteiger charge is -2.04. The van der Waals surface area contributed by atoms with Gasteiger partial charge in [0.25, 0.3) is 20.2 Å². The fraction of sp³-hybridized carbons (Fsp3) is 0. The Kier molecular flexibility index (Phi) is 7.32. The van der Waals surface area contributed by atoms with Crippen LogP contribution in [0.2, 0.25) is 0 Å². The Hall–Kier alpha value is -3.82. The van der Waals surface area contributed by atoms with Gasteiger partial charge in [-0.3, -0.25) is 9.11 Å². The van der Waals surface area contributed by atoms with Crippen LogP contribution in [0.25, 0.3) is 35.4 Å². The maximum atomic E-state index is 11.5. The molecule has 0 spiro atoms. The molecule has 0 heterocycles. The maximum Gasteiger partial charge on any atom is 0.295 e. The minimum absolute atomic E-state index is 0.137. The van der Waals surface area contributed by atoms with Crippen molar-refractivity contribution < 1.29 is 25.9 Å². The predicted octanol–water partition coefficient (Wildman–Crippen LogP) is 6.19. The maximum absolute atomic E-state index is 11.5. The highest BCUT2D eigenvalue weighted by Crippen LogP contribution is 2.23. The molecule has 0 radical (unpaired) electrons. The van der Waals surface area contributed by atoms with Crippen molar-refractivity contribution in [2.45, 2.75) is 9.79 Å². The van der Waals surface area contributed by atoms with Gasteiger partial charge in [-0.15, -0.1) is 0 Å². The fourth-order valence-corrected chi connectivity index (χ4v) is 4.72. The van der Waals surface area contributed by atoms with Crippen LogP contribution in [0.4, 0.5) is 0 Å². The van der Waals surface area contributed by atoms with Crippen LogP contribution in [-0.4, -0.2) is 25.9 Å². The second-order valence-corrected chi connectivity index (χ2v) is 10.8. The molecule has 0 aliphatic heterocycles. The zero-order valence-corrected chi connectivity index (χ0v) is 20.5. The van der Waals surface area contributed by atoms with Crippen molar-refractivity contribution >= 4 is 44.5 Å². The van der Waals surface area contributed by atoms with E-state index in [-0.39, 0.29) is 9.79 Å². The molecular formula is C28H22O6S2. The summed E-state index contributed by atoms with van der Waals surface area (Å²) in [6.45, 7) is 0. The first-order valence-electron chi connectivity index (χ1n) is 10.8. The second-order valence-electron chi connectivity index (χ2n) is 7.97. The van der Waals surface area contributed by atoms with Gasteiger partial charge in [0.05, 0.1) is 4.90 Å². The van der Waals surface area contributed by atoms with Crippen molar-refractivity contribution in [2.75, 3.05) is 0 Å². The molecule has 0 aliphatic rings. The van der Waals surface area contributed by atoms with Crippen LogP contribution in [0.15, 0.2) is 107 Å². The van der Waals surface area contributed by atoms with Crippen molar-refractivity contribution in [1.82, 2.24) is 0 Å². The monoisotopic (exact) mass is 518 g/mol. The molecule has 0 saturated heterocycles. The largest absolute Gasteiger partial charge is 0.295 e. The highest BCUT2D eigenvalue weighted by molar-refractivity contribution is 7.86. The van der Waals surface area contributed by atoms with E-state index >= 15 is 0 Å². The van der Waals surface area contributed by atoms with Crippen molar-refractivity contribution in [3.63, 3.8) is 0 Å². The zero-order valence-electron chi connectivity index (χ0n) is 18.9. The molecule has 0 atom stereocenters. The minimum Gasteiger partial charge on any atom is -0.282 e. The summed E-state index contributed by atoms with van der Waals surface area (Å²) >= 11 is 0. The number of rotatable bonds is 7. The van der Waals surface area contributed by atoms with E-state index in [2.05, 4.69) is 0 Å². The summed E-state index contributed by atoms with van der Waals surface area (Å²) in [5, 5.41) is 0. The van der Waals surface area contributed by atoms with Gasteiger partial charge >= 0.3 is 0 Å². The van der Waals surface area contributed by atoms with Crippen molar-refractivity contribution in [3.8, 4) is 11.1 Å². The van der Waals surface area contributed by atoms with Gasteiger partial charge in [0.1, 0.15) is 4.90 Å². The third-order valence-corrected chi connectivity index (χ3v) is 7.25. The third-order valence-electron chi connectivity index (χ3n) is 5.45. The zero-order chi connectivity index (χ0) is 25.8. The Morgan fingerprint density at radius 1 is 0.472 bits per heavy atom. The van der Waals surface area contributed by atoms with E-state index in [9.17, 15) is 21.4 Å². The van der Waals surface area contributed by atoms with Crippen LogP contribution >= 0.6 is 0 Å². The molecule has 0 aromatic heterocycles. The first kappa shape index (κ1) is 25.3. The smallest absolute Gasteiger partial charge is 0.282 e. The van der Waals surface area contributed by atoms with E-state index in [1.165, 1.54) is 18.2 Å². The quantitative estimate of drug-likeness (QED) is 0.223. The fourth-order valence-electron chi connectivity index (χ4n) is 3.56. The second kappa shape index (κ2) is 10.4. The highest BCUT2D eigenvalue weighted by atomic mass is 32.2. The minimum atomic E-state index is -4.30. The Bertz CT molecular complexity index is 1630. The number of hydrogen-bond acceptors (Lipinski definition) is 4. The Morgan fingerprint density at radius 2 is 0.889 bits per heavy atom. The first-order valence-corrected chi connectivity index (χ1v) is 13.7. The lowest BCUT2D eigenvalue weighted by atomic mass is 10.0. The average Bonchev–Trinajstić information content (AvgIpc) is 2.86. The summed E-state index contributed by atoms with van der Waals surface area (Å²) in [5.41, 5.74) is 5.09. The lowest BCUT2D eigenvalue weighted by Crippen LogP contribution is -2.00. The van der Waals surface area contributed by atoms with Crippen LogP contribution in [0, 0.1) is 0 Å². The molecule has 8 heteroatoms. The molecule has 0 fully saturated rings. The van der Waals surface area contributed by atoms with Gasteiger partial charge in [0.2, 0.25) is 0 Å². The van der Waals surface area contributed by atoms with E-state index in [4.69, 9.17) is 4.55 Å². The van der Waals surface area contributed by atoms with Crippen LogP contribution in [0.3, 0.4) is 0 Å². The van der Waals surface area contributed by atoms with Crippen molar-refractivity contribution in [2.24, 2.45) is 0 Å². The molecule has 6 nitrogen and oxygen atoms in total. The molecule has 0 bridgehead atoms. The molecule has 0 saturated carbocycles. The molecular weight excluding hydrogens is 496 g/mol. The predicted molar refractivity (Wildman–Crippen MR) is 142 cm³/mol. The molecule has 4 rings (SSSR count). The molecule has 0 aliphatic carbocycles. The number of benzene rings is 4. The van der Waals surface area contributed by atoms with Crippen LogP contribution in [-0.2, 0) is 20.2 Å². The van der Waals surface area contributed by atoms with Gasteiger partial charge in [-0.1, -0.05) is 103 Å². The Labute approximate surface area is 210 Å². The summed E-state index contributed by atoms with van der Waals surface area (Å²) in [6, 6.07) is 27.9. The molecule has 36 heavy (non-hydrogen) atoms. The van der Waals surface area contributed by atoms with Crippen LogP contribution in [0.5, 0.6) is 0 Å². The molecule has 182 valence electrons. The third kappa shape index (κ3) is 6.44. The Balaban J connectivity index is 1.44. The molecule has 0 unspecified atom stereocenters. The molecule has 2 N–H and O–H groups in total. The topological polar surface area (TPSA) is 109 Å². The normalized spacial score (nSPS) is 12.4. The van der Waals surface area contributed by atoms with Gasteiger partial charge in [-0.25, -0.2) is 0 Å². The van der Waals surface area contributed by atoms with Crippen LogP contribution in [0.1, 0.15) is 22.3 Å². The first-order chi connectivity index (χ1) is 17.1. The Morgan fingerprint density at radius 3 is 1.33 bits per heavy atom. The van der Waals surface area contributed by atoms with E-state index < -0.39 is 20.2 Å². The summed E-state index contributed by atoms with van der Waals surface area (Å²) in [7, 11) is -8.50. The van der Waals surface area contributed by atoms with E-state index in [0.29, 0.717) is 5.56 Å². The summed E-state index contributed by atoms with van der Waals surface area (Å²) in [5.74, 6) is 0. The summed E-state index contributed by atoms with van der Waals surface area (Å²) in [6.07, 6.45) is 7.19. The van der Waals surface area contributed by atoms with Crippen molar-refractivity contribution in [3.05, 3.63) is 119 Å². The average molecular weight is 519 g/mol. The molecule has 4 aromatic carbocycles. The van der Waals surface area contributed by atoms with Crippen molar-refractivity contribution in [1.29, 1.82) is 0 Å². The number of hydrogen-bond donors (Lipinski definition) is 2. The molecule has 0 amide bonds. The SMILES string of the molecule is O=S(=O)(O)c1ccc(/C=C/c2ccc(-c3ccc(/C=C/c4ccccc4S(=O)(=O)O)cc3)cc2)cc1. The standard InChI is InChI=1S/C28H22O6S2/c29-35(30,31)27-19-12-22(13-20-27)6-5-21-7-14-24(15-8-21)25-16-9-23(10-17-25)11-18-26-3-1-2-4-28(26)36(32,33)34/h1-20H,(H,29,30,31)(H,32,33,34)/b6-5+,18-11+. The van der Waals surface area contributed by atoms with Gasteiger partial charge in [-0.2, -0.15) is 16.8 Å². The lowest BCUT2D eigenvalue weighted by molar-refractivity contribution is 0.481. The van der Waals surface area contributed by atoms with Crippen LogP contribution < -0.4 is 0 Å². The van der Waals surface area contributed by atoms with Gasteiger partial charge in [0, 0.05) is 0 Å². The summed E-state index contributed by atoms with van der Waals surface area (Å²) in [4.78, 5) is -0.282. The molecule has 4 aromatic rings. The van der Waals surface area contributed by atoms with Gasteiger partial charge in [-0.05, 0) is 51.6 Å².